The maximum absolute atomic E-state index is 12.2. The molecule has 236 valence electrons. The average Bonchev–Trinajstić information content (AvgIpc) is 3.30. The van der Waals surface area contributed by atoms with Gasteiger partial charge in [-0.1, -0.05) is 53.5 Å². The lowest BCUT2D eigenvalue weighted by molar-refractivity contribution is -0.313. The lowest BCUT2D eigenvalue weighted by Crippen LogP contribution is -2.60. The molecule has 0 aromatic heterocycles. The van der Waals surface area contributed by atoms with Crippen molar-refractivity contribution >= 4 is 0 Å². The van der Waals surface area contributed by atoms with E-state index in [-0.39, 0.29) is 12.0 Å². The summed E-state index contributed by atoms with van der Waals surface area (Å²) in [5, 5.41) is 52.4. The van der Waals surface area contributed by atoms with E-state index < -0.39 is 42.9 Å². The van der Waals surface area contributed by atoms with E-state index in [1.54, 1.807) is 0 Å². The summed E-state index contributed by atoms with van der Waals surface area (Å²) in [7, 11) is 0. The number of allylic oxidation sites excluding steroid dienone is 1. The van der Waals surface area contributed by atoms with Crippen LogP contribution in [0.1, 0.15) is 105 Å². The van der Waals surface area contributed by atoms with E-state index in [1.165, 1.54) is 38.5 Å². The lowest BCUT2D eigenvalue weighted by Gasteiger charge is -2.57. The molecule has 1 aliphatic heterocycles. The monoisotopic (exact) mass is 578 g/mol. The maximum atomic E-state index is 12.2. The second kappa shape index (κ2) is 12.5. The van der Waals surface area contributed by atoms with E-state index in [4.69, 9.17) is 9.47 Å². The molecule has 14 atom stereocenters. The van der Waals surface area contributed by atoms with Crippen molar-refractivity contribution in [3.8, 4) is 0 Å². The summed E-state index contributed by atoms with van der Waals surface area (Å²) in [5.74, 6) is 4.61. The van der Waals surface area contributed by atoms with E-state index in [1.807, 2.05) is 0 Å². The minimum absolute atomic E-state index is 0.261. The van der Waals surface area contributed by atoms with Crippen LogP contribution in [0.4, 0.5) is 0 Å². The smallest absolute Gasteiger partial charge is 0.186 e. The van der Waals surface area contributed by atoms with Crippen LogP contribution >= 0.6 is 0 Å². The molecule has 0 amide bonds. The van der Waals surface area contributed by atoms with Gasteiger partial charge in [0, 0.05) is 0 Å². The van der Waals surface area contributed by atoms with Gasteiger partial charge in [-0.05, 0) is 110 Å². The number of fused-ring (bicyclic) bond motifs is 5. The van der Waals surface area contributed by atoms with Gasteiger partial charge >= 0.3 is 0 Å². The fraction of sp³-hybridized carbons (Fsp3) is 0.941. The first-order chi connectivity index (χ1) is 19.4. The average molecular weight is 579 g/mol. The van der Waals surface area contributed by atoms with Gasteiger partial charge in [0.15, 0.2) is 6.29 Å². The van der Waals surface area contributed by atoms with Crippen molar-refractivity contribution in [2.75, 3.05) is 6.61 Å². The highest BCUT2D eigenvalue weighted by molar-refractivity contribution is 5.28. The molecular formula is C34H58O7. The Kier molecular flexibility index (Phi) is 9.68. The van der Waals surface area contributed by atoms with Crippen LogP contribution in [-0.2, 0) is 9.47 Å². The maximum Gasteiger partial charge on any atom is 0.186 e. The molecule has 5 aliphatic rings. The molecule has 5 rings (SSSR count). The highest BCUT2D eigenvalue weighted by Gasteiger charge is 2.60. The molecule has 7 heteroatoms. The fourth-order valence-electron chi connectivity index (χ4n) is 10.4. The van der Waals surface area contributed by atoms with Crippen LogP contribution in [0.15, 0.2) is 11.6 Å². The Hall–Kier alpha value is -0.540. The van der Waals surface area contributed by atoms with Gasteiger partial charge in [0.1, 0.15) is 24.4 Å². The van der Waals surface area contributed by atoms with Crippen molar-refractivity contribution in [2.45, 2.75) is 148 Å². The largest absolute Gasteiger partial charge is 0.394 e. The van der Waals surface area contributed by atoms with Gasteiger partial charge in [-0.2, -0.15) is 0 Å². The predicted molar refractivity (Wildman–Crippen MR) is 158 cm³/mol. The standard InChI is InChI=1S/C34H58O7/c1-6-21(19(2)3)8-7-20(4)25-11-12-26-24-10-9-22-17-23(13-16-34(22,39)27(24)14-15-33(25,26)5)40-32-31(38)30(37)29(36)28(18-35)41-32/h9,19-21,23-32,35-39H,6-8,10-18H2,1-5H3. The molecule has 14 unspecified atom stereocenters. The van der Waals surface area contributed by atoms with Gasteiger partial charge in [0.2, 0.25) is 0 Å². The minimum atomic E-state index is -1.45. The lowest BCUT2D eigenvalue weighted by atomic mass is 9.49. The van der Waals surface area contributed by atoms with Gasteiger partial charge in [0.05, 0.1) is 18.3 Å². The van der Waals surface area contributed by atoms with Crippen molar-refractivity contribution in [1.82, 2.24) is 0 Å². The summed E-state index contributed by atoms with van der Waals surface area (Å²) in [6.07, 6.45) is 7.40. The third kappa shape index (κ3) is 5.71. The molecule has 1 heterocycles. The summed E-state index contributed by atoms with van der Waals surface area (Å²) in [5.41, 5.74) is 0.630. The van der Waals surface area contributed by atoms with Crippen LogP contribution in [0.25, 0.3) is 0 Å². The van der Waals surface area contributed by atoms with Gasteiger partial charge in [-0.3, -0.25) is 0 Å². The third-order valence-electron chi connectivity index (χ3n) is 12.9. The molecule has 41 heavy (non-hydrogen) atoms. The van der Waals surface area contributed by atoms with Crippen LogP contribution < -0.4 is 0 Å². The van der Waals surface area contributed by atoms with Crippen molar-refractivity contribution in [3.63, 3.8) is 0 Å². The summed E-state index contributed by atoms with van der Waals surface area (Å²) in [4.78, 5) is 0. The first kappa shape index (κ1) is 31.9. The molecule has 5 N–H and O–H groups in total. The Balaban J connectivity index is 1.24. The van der Waals surface area contributed by atoms with E-state index in [2.05, 4.69) is 40.7 Å². The topological polar surface area (TPSA) is 120 Å². The zero-order chi connectivity index (χ0) is 29.7. The second-order valence-electron chi connectivity index (χ2n) is 15.2. The molecule has 0 spiro atoms. The van der Waals surface area contributed by atoms with Crippen LogP contribution in [0.5, 0.6) is 0 Å². The molecule has 0 aromatic carbocycles. The molecule has 7 nitrogen and oxygen atoms in total. The Morgan fingerprint density at radius 2 is 1.73 bits per heavy atom. The first-order valence-electron chi connectivity index (χ1n) is 16.8. The second-order valence-corrected chi connectivity index (χ2v) is 15.2. The van der Waals surface area contributed by atoms with E-state index in [9.17, 15) is 25.5 Å². The van der Waals surface area contributed by atoms with Crippen molar-refractivity contribution in [2.24, 2.45) is 46.8 Å². The molecule has 0 aromatic rings. The molecule has 4 aliphatic carbocycles. The van der Waals surface area contributed by atoms with Crippen molar-refractivity contribution < 1.29 is 35.0 Å². The van der Waals surface area contributed by atoms with Gasteiger partial charge in [-0.15, -0.1) is 0 Å². The summed E-state index contributed by atoms with van der Waals surface area (Å²) in [6.45, 7) is 11.7. The molecular weight excluding hydrogens is 520 g/mol. The summed E-state index contributed by atoms with van der Waals surface area (Å²) < 4.78 is 11.7. The van der Waals surface area contributed by atoms with Gasteiger partial charge in [0.25, 0.3) is 0 Å². The Morgan fingerprint density at radius 1 is 0.976 bits per heavy atom. The van der Waals surface area contributed by atoms with Gasteiger partial charge < -0.3 is 35.0 Å². The number of ether oxygens (including phenoxy) is 2. The number of aliphatic hydroxyl groups is 5. The number of hydrogen-bond donors (Lipinski definition) is 5. The number of hydrogen-bond acceptors (Lipinski definition) is 7. The number of rotatable bonds is 9. The molecule has 0 radical (unpaired) electrons. The van der Waals surface area contributed by atoms with Crippen LogP contribution in [0.3, 0.4) is 0 Å². The molecule has 3 saturated carbocycles. The quantitative estimate of drug-likeness (QED) is 0.254. The Morgan fingerprint density at radius 3 is 2.41 bits per heavy atom. The SMILES string of the molecule is CCC(CCC(C)C1CCC2C3CC=C4CC(OC5OC(CO)C(O)C(O)C5O)CCC4(O)C3CCC12C)C(C)C. The Labute approximate surface area is 247 Å². The highest BCUT2D eigenvalue weighted by atomic mass is 16.7. The first-order valence-corrected chi connectivity index (χ1v) is 16.8. The van der Waals surface area contributed by atoms with Crippen LogP contribution in [0, 0.1) is 46.8 Å². The van der Waals surface area contributed by atoms with Crippen molar-refractivity contribution in [3.05, 3.63) is 11.6 Å². The molecule has 0 bridgehead atoms. The van der Waals surface area contributed by atoms with E-state index in [0.29, 0.717) is 36.5 Å². The summed E-state index contributed by atoms with van der Waals surface area (Å²) in [6, 6.07) is 0. The predicted octanol–water partition coefficient (Wildman–Crippen LogP) is 4.57. The molecule has 4 fully saturated rings. The van der Waals surface area contributed by atoms with Crippen LogP contribution in [-0.4, -0.2) is 74.6 Å². The third-order valence-corrected chi connectivity index (χ3v) is 12.9. The van der Waals surface area contributed by atoms with Crippen molar-refractivity contribution in [1.29, 1.82) is 0 Å². The Bertz CT molecular complexity index is 921. The van der Waals surface area contributed by atoms with E-state index in [0.717, 1.165) is 42.1 Å². The molecule has 1 saturated heterocycles. The van der Waals surface area contributed by atoms with Gasteiger partial charge in [-0.25, -0.2) is 0 Å². The zero-order valence-corrected chi connectivity index (χ0v) is 26.1. The minimum Gasteiger partial charge on any atom is -0.394 e. The number of aliphatic hydroxyl groups excluding tert-OH is 4. The fourth-order valence-corrected chi connectivity index (χ4v) is 10.4. The normalized spacial score (nSPS) is 47.7. The van der Waals surface area contributed by atoms with E-state index >= 15 is 0 Å². The highest BCUT2D eigenvalue weighted by Crippen LogP contribution is 2.65. The summed E-state index contributed by atoms with van der Waals surface area (Å²) >= 11 is 0. The zero-order valence-electron chi connectivity index (χ0n) is 26.1. The van der Waals surface area contributed by atoms with Crippen LogP contribution in [0.2, 0.25) is 0 Å².